The summed E-state index contributed by atoms with van der Waals surface area (Å²) in [4.78, 5) is 23.6. The molecule has 0 fully saturated rings. The Labute approximate surface area is 202 Å². The summed E-state index contributed by atoms with van der Waals surface area (Å²) in [7, 11) is -3.77. The Kier molecular flexibility index (Phi) is 7.70. The highest BCUT2D eigenvalue weighted by Crippen LogP contribution is 2.29. The van der Waals surface area contributed by atoms with Crippen LogP contribution in [0.4, 0.5) is 21.5 Å². The van der Waals surface area contributed by atoms with E-state index in [4.69, 9.17) is 4.74 Å². The second kappa shape index (κ2) is 10.5. The zero-order chi connectivity index (χ0) is 25.8. The van der Waals surface area contributed by atoms with E-state index in [1.807, 2.05) is 0 Å². The average molecular weight is 502 g/mol. The second-order valence-electron chi connectivity index (χ2n) is 7.66. The summed E-state index contributed by atoms with van der Waals surface area (Å²) in [6, 6.07) is 13.9. The molecule has 3 aromatic carbocycles. The van der Waals surface area contributed by atoms with Crippen molar-refractivity contribution in [2.75, 3.05) is 22.5 Å². The Bertz CT molecular complexity index is 1360. The number of nitrogens with one attached hydrogen (secondary N) is 1. The molecule has 35 heavy (non-hydrogen) atoms. The van der Waals surface area contributed by atoms with E-state index in [1.165, 1.54) is 43.3 Å². The molecule has 0 bridgehead atoms. The van der Waals surface area contributed by atoms with Crippen LogP contribution < -0.4 is 14.4 Å². The molecule has 0 spiro atoms. The van der Waals surface area contributed by atoms with Gasteiger partial charge in [-0.15, -0.1) is 0 Å². The number of ether oxygens (including phenoxy) is 1. The highest BCUT2D eigenvalue weighted by atomic mass is 32.2. The molecule has 0 atom stereocenters. The smallest absolute Gasteiger partial charge is 0.274 e. The summed E-state index contributed by atoms with van der Waals surface area (Å²) in [5, 5.41) is 13.9. The lowest BCUT2D eigenvalue weighted by atomic mass is 10.1. The van der Waals surface area contributed by atoms with Gasteiger partial charge >= 0.3 is 0 Å². The predicted octanol–water partition coefficient (Wildman–Crippen LogP) is 4.66. The molecule has 3 rings (SSSR count). The number of amides is 1. The number of nitro groups is 1. The van der Waals surface area contributed by atoms with Crippen molar-refractivity contribution in [1.82, 2.24) is 0 Å². The van der Waals surface area contributed by atoms with Crippen molar-refractivity contribution >= 4 is 33.0 Å². The highest BCUT2D eigenvalue weighted by molar-refractivity contribution is 7.92. The number of nitro benzene ring substituents is 1. The zero-order valence-corrected chi connectivity index (χ0v) is 20.1. The number of anilines is 2. The van der Waals surface area contributed by atoms with Crippen LogP contribution in [-0.4, -0.2) is 32.1 Å². The van der Waals surface area contributed by atoms with E-state index in [0.29, 0.717) is 23.5 Å². The van der Waals surface area contributed by atoms with Gasteiger partial charge < -0.3 is 10.1 Å². The van der Waals surface area contributed by atoms with Crippen molar-refractivity contribution in [2.24, 2.45) is 0 Å². The number of hydrogen-bond acceptors (Lipinski definition) is 6. The minimum Gasteiger partial charge on any atom is -0.494 e. The fourth-order valence-electron chi connectivity index (χ4n) is 3.45. The number of halogens is 1. The molecule has 0 unspecified atom stereocenters. The van der Waals surface area contributed by atoms with Crippen LogP contribution in [0.5, 0.6) is 5.75 Å². The Morgan fingerprint density at radius 2 is 1.83 bits per heavy atom. The van der Waals surface area contributed by atoms with Gasteiger partial charge in [0.2, 0.25) is 10.0 Å². The first-order valence-corrected chi connectivity index (χ1v) is 12.4. The summed E-state index contributed by atoms with van der Waals surface area (Å²) in [6.45, 7) is 3.44. The molecule has 0 radical (unpaired) electrons. The van der Waals surface area contributed by atoms with E-state index in [-0.39, 0.29) is 29.2 Å². The van der Waals surface area contributed by atoms with E-state index in [2.05, 4.69) is 5.32 Å². The molecule has 0 aliphatic rings. The van der Waals surface area contributed by atoms with Crippen LogP contribution in [-0.2, 0) is 16.6 Å². The zero-order valence-electron chi connectivity index (χ0n) is 19.3. The summed E-state index contributed by atoms with van der Waals surface area (Å²) in [6.07, 6.45) is 1.03. The quantitative estimate of drug-likeness (QED) is 0.336. The maximum atomic E-state index is 13.4. The number of rotatable bonds is 9. The molecule has 0 aliphatic heterocycles. The van der Waals surface area contributed by atoms with Gasteiger partial charge in [0.05, 0.1) is 41.3 Å². The number of carbonyl (C=O) groups is 1. The van der Waals surface area contributed by atoms with Gasteiger partial charge in [-0.05, 0) is 62.4 Å². The van der Waals surface area contributed by atoms with Gasteiger partial charge in [-0.25, -0.2) is 12.8 Å². The van der Waals surface area contributed by atoms with Gasteiger partial charge in [0, 0.05) is 17.2 Å². The second-order valence-corrected chi connectivity index (χ2v) is 9.57. The van der Waals surface area contributed by atoms with Crippen molar-refractivity contribution in [1.29, 1.82) is 0 Å². The number of hydrogen-bond donors (Lipinski definition) is 1. The maximum absolute atomic E-state index is 13.4. The van der Waals surface area contributed by atoms with E-state index in [9.17, 15) is 27.7 Å². The van der Waals surface area contributed by atoms with Gasteiger partial charge in [-0.2, -0.15) is 0 Å². The molecule has 3 aromatic rings. The minimum absolute atomic E-state index is 0.127. The van der Waals surface area contributed by atoms with Crippen LogP contribution in [0.15, 0.2) is 60.7 Å². The van der Waals surface area contributed by atoms with Gasteiger partial charge in [-0.1, -0.05) is 6.07 Å². The van der Waals surface area contributed by atoms with Crippen LogP contribution in [0.25, 0.3) is 0 Å². The fourth-order valence-corrected chi connectivity index (χ4v) is 4.33. The van der Waals surface area contributed by atoms with E-state index in [0.717, 1.165) is 22.7 Å². The summed E-state index contributed by atoms with van der Waals surface area (Å²) in [5.41, 5.74) is 1.31. The molecule has 0 saturated carbocycles. The Morgan fingerprint density at radius 3 is 2.43 bits per heavy atom. The van der Waals surface area contributed by atoms with Crippen LogP contribution >= 0.6 is 0 Å². The van der Waals surface area contributed by atoms with Gasteiger partial charge in [-0.3, -0.25) is 19.2 Å². The van der Waals surface area contributed by atoms with Gasteiger partial charge in [0.15, 0.2) is 0 Å². The number of carbonyl (C=O) groups excluding carboxylic acids is 1. The summed E-state index contributed by atoms with van der Waals surface area (Å²) in [5.74, 6) is -0.663. The topological polar surface area (TPSA) is 119 Å². The molecule has 184 valence electrons. The van der Waals surface area contributed by atoms with Crippen molar-refractivity contribution in [3.05, 3.63) is 93.3 Å². The summed E-state index contributed by atoms with van der Waals surface area (Å²) >= 11 is 0. The third-order valence-electron chi connectivity index (χ3n) is 5.20. The van der Waals surface area contributed by atoms with E-state index >= 15 is 0 Å². The summed E-state index contributed by atoms with van der Waals surface area (Å²) < 4.78 is 45.2. The molecule has 0 aromatic heterocycles. The molecular formula is C24H24FN3O6S. The number of sulfonamides is 1. The predicted molar refractivity (Wildman–Crippen MR) is 131 cm³/mol. The first kappa shape index (κ1) is 25.6. The minimum atomic E-state index is -3.77. The molecule has 0 aliphatic carbocycles. The first-order chi connectivity index (χ1) is 16.5. The Morgan fingerprint density at radius 1 is 1.14 bits per heavy atom. The van der Waals surface area contributed by atoms with Crippen molar-refractivity contribution in [3.8, 4) is 5.75 Å². The van der Waals surface area contributed by atoms with Gasteiger partial charge in [0.25, 0.3) is 11.6 Å². The average Bonchev–Trinajstić information content (AvgIpc) is 2.79. The lowest BCUT2D eigenvalue weighted by Crippen LogP contribution is -2.29. The Balaban J connectivity index is 1.97. The molecule has 11 heteroatoms. The van der Waals surface area contributed by atoms with Crippen LogP contribution in [0, 0.1) is 22.9 Å². The van der Waals surface area contributed by atoms with Crippen molar-refractivity contribution < 1.29 is 27.3 Å². The first-order valence-electron chi connectivity index (χ1n) is 10.6. The molecule has 1 N–H and O–H groups in total. The monoisotopic (exact) mass is 501 g/mol. The molecule has 0 heterocycles. The fraction of sp³-hybridized carbons (Fsp3) is 0.208. The molecular weight excluding hydrogens is 477 g/mol. The maximum Gasteiger partial charge on any atom is 0.274 e. The Hall–Kier alpha value is -3.99. The highest BCUT2D eigenvalue weighted by Gasteiger charge is 2.22. The number of nitrogens with zero attached hydrogens (tertiary/aromatic N) is 2. The molecule has 9 nitrogen and oxygen atoms in total. The van der Waals surface area contributed by atoms with Gasteiger partial charge in [0.1, 0.15) is 11.6 Å². The van der Waals surface area contributed by atoms with Crippen LogP contribution in [0.3, 0.4) is 0 Å². The van der Waals surface area contributed by atoms with Crippen molar-refractivity contribution in [2.45, 2.75) is 20.4 Å². The lowest BCUT2D eigenvalue weighted by Gasteiger charge is -2.24. The van der Waals surface area contributed by atoms with E-state index < -0.39 is 26.7 Å². The van der Waals surface area contributed by atoms with Crippen LogP contribution in [0.1, 0.15) is 28.4 Å². The molecule has 0 saturated heterocycles. The molecule has 1 amide bonds. The third kappa shape index (κ3) is 6.12. The lowest BCUT2D eigenvalue weighted by molar-refractivity contribution is -0.385. The van der Waals surface area contributed by atoms with Crippen LogP contribution in [0.2, 0.25) is 0 Å². The normalized spacial score (nSPS) is 11.1. The number of benzene rings is 3. The van der Waals surface area contributed by atoms with Crippen molar-refractivity contribution in [3.63, 3.8) is 0 Å². The third-order valence-corrected chi connectivity index (χ3v) is 6.34. The van der Waals surface area contributed by atoms with E-state index in [1.54, 1.807) is 19.1 Å². The largest absolute Gasteiger partial charge is 0.494 e. The SMILES string of the molecule is CCOc1ccc(C(=O)Nc2cccc([N+](=O)[O-])c2C)cc1CN(c1ccc(F)cc1)S(C)(=O)=O. The standard InChI is InChI=1S/C24H24FN3O6S/c1-4-34-23-13-8-17(24(29)26-21-6-5-7-22(16(21)2)28(30)31)14-18(23)15-27(35(3,32)33)20-11-9-19(25)10-12-20/h5-14H,4,15H2,1-3H3,(H,26,29).